The monoisotopic (exact) mass is 233 g/mol. The third-order valence-corrected chi connectivity index (χ3v) is 2.48. The first-order valence-electron chi connectivity index (χ1n) is 5.18. The largest absolute Gasteiger partial charge is 0.337 e. The van der Waals surface area contributed by atoms with E-state index in [2.05, 4.69) is 10.4 Å². The number of nitriles is 1. The van der Waals surface area contributed by atoms with Crippen molar-refractivity contribution in [2.45, 2.75) is 19.4 Å². The summed E-state index contributed by atoms with van der Waals surface area (Å²) >= 11 is 0. The molecule has 0 aliphatic heterocycles. The van der Waals surface area contributed by atoms with Crippen molar-refractivity contribution in [1.29, 1.82) is 5.26 Å². The van der Waals surface area contributed by atoms with Crippen molar-refractivity contribution in [2.24, 2.45) is 5.84 Å². The number of hydrogen-bond acceptors (Lipinski definition) is 5. The van der Waals surface area contributed by atoms with Crippen LogP contribution in [0.3, 0.4) is 0 Å². The number of aromatic nitrogens is 1. The van der Waals surface area contributed by atoms with Gasteiger partial charge < -0.3 is 10.3 Å². The van der Waals surface area contributed by atoms with Crippen molar-refractivity contribution < 1.29 is 4.79 Å². The van der Waals surface area contributed by atoms with Crippen LogP contribution in [-0.4, -0.2) is 28.9 Å². The summed E-state index contributed by atoms with van der Waals surface area (Å²) in [6.45, 7) is 1.81. The molecule has 0 spiro atoms. The third-order valence-electron chi connectivity index (χ3n) is 2.48. The van der Waals surface area contributed by atoms with Gasteiger partial charge in [0.25, 0.3) is 5.91 Å². The van der Waals surface area contributed by atoms with Gasteiger partial charge in [-0.2, -0.15) is 5.26 Å². The Morgan fingerprint density at radius 3 is 3.00 bits per heavy atom. The second-order valence-electron chi connectivity index (χ2n) is 3.68. The van der Waals surface area contributed by atoms with E-state index in [1.54, 1.807) is 25.2 Å². The molecule has 0 aliphatic carbocycles. The minimum absolute atomic E-state index is 0.149. The van der Waals surface area contributed by atoms with Crippen LogP contribution in [0, 0.1) is 11.3 Å². The molecule has 17 heavy (non-hydrogen) atoms. The summed E-state index contributed by atoms with van der Waals surface area (Å²) in [6.07, 6.45) is 0.289. The number of nitrogens with two attached hydrogens (primary N) is 1. The lowest BCUT2D eigenvalue weighted by Crippen LogP contribution is -2.35. The molecule has 0 bridgehead atoms. The van der Waals surface area contributed by atoms with Gasteiger partial charge in [-0.3, -0.25) is 4.79 Å². The zero-order valence-electron chi connectivity index (χ0n) is 9.84. The summed E-state index contributed by atoms with van der Waals surface area (Å²) in [7, 11) is 1.65. The average molecular weight is 233 g/mol. The second kappa shape index (κ2) is 5.82. The molecule has 1 rings (SSSR count). The fraction of sp³-hybridized carbons (Fsp3) is 0.364. The SMILES string of the molecule is CC(CC#N)N(C)C(=O)c1cccc(NN)n1. The molecule has 90 valence electrons. The van der Waals surface area contributed by atoms with Crippen LogP contribution in [0.5, 0.6) is 0 Å². The maximum atomic E-state index is 12.0. The number of nitrogens with one attached hydrogen (secondary N) is 1. The predicted molar refractivity (Wildman–Crippen MR) is 63.8 cm³/mol. The second-order valence-corrected chi connectivity index (χ2v) is 3.68. The van der Waals surface area contributed by atoms with Crippen LogP contribution < -0.4 is 11.3 Å². The number of rotatable bonds is 4. The summed E-state index contributed by atoms with van der Waals surface area (Å²) in [5.41, 5.74) is 2.68. The molecular formula is C11H15N5O. The predicted octanol–water partition coefficient (Wildman–Crippen LogP) is 0.741. The molecule has 0 saturated heterocycles. The van der Waals surface area contributed by atoms with Crippen LogP contribution in [0.2, 0.25) is 0 Å². The molecule has 0 fully saturated rings. The fourth-order valence-electron chi connectivity index (χ4n) is 1.28. The third kappa shape index (κ3) is 3.16. The summed E-state index contributed by atoms with van der Waals surface area (Å²) in [5.74, 6) is 5.42. The summed E-state index contributed by atoms with van der Waals surface area (Å²) < 4.78 is 0. The standard InChI is InChI=1S/C11H15N5O/c1-8(6-7-12)16(2)11(17)9-4-3-5-10(14-9)15-13/h3-5,8H,6,13H2,1-2H3,(H,14,15). The van der Waals surface area contributed by atoms with Gasteiger partial charge >= 0.3 is 0 Å². The fourth-order valence-corrected chi connectivity index (χ4v) is 1.28. The molecule has 0 radical (unpaired) electrons. The number of hydrazine groups is 1. The van der Waals surface area contributed by atoms with Crippen molar-refractivity contribution in [1.82, 2.24) is 9.88 Å². The summed E-state index contributed by atoms with van der Waals surface area (Å²) in [6, 6.07) is 6.85. The Bertz CT molecular complexity index is 440. The van der Waals surface area contributed by atoms with Gasteiger partial charge in [0.2, 0.25) is 0 Å². The molecule has 6 nitrogen and oxygen atoms in total. The van der Waals surface area contributed by atoms with Crippen LogP contribution >= 0.6 is 0 Å². The van der Waals surface area contributed by atoms with E-state index >= 15 is 0 Å². The number of carbonyl (C=O) groups excluding carboxylic acids is 1. The van der Waals surface area contributed by atoms with Gasteiger partial charge in [-0.25, -0.2) is 10.8 Å². The lowest BCUT2D eigenvalue weighted by molar-refractivity contribution is 0.0740. The van der Waals surface area contributed by atoms with Crippen LogP contribution in [0.1, 0.15) is 23.8 Å². The number of nitrogens with zero attached hydrogens (tertiary/aromatic N) is 3. The Labute approximate surface area is 100 Å². The summed E-state index contributed by atoms with van der Waals surface area (Å²) in [5, 5.41) is 8.59. The van der Waals surface area contributed by atoms with E-state index in [0.717, 1.165) is 0 Å². The number of hydrogen-bond donors (Lipinski definition) is 2. The van der Waals surface area contributed by atoms with E-state index in [1.165, 1.54) is 4.90 Å². The smallest absolute Gasteiger partial charge is 0.272 e. The van der Waals surface area contributed by atoms with Gasteiger partial charge in [-0.1, -0.05) is 6.07 Å². The van der Waals surface area contributed by atoms with Crippen LogP contribution in [-0.2, 0) is 0 Å². The van der Waals surface area contributed by atoms with Crippen molar-refractivity contribution in [3.05, 3.63) is 23.9 Å². The number of pyridine rings is 1. The first-order chi connectivity index (χ1) is 8.10. The van der Waals surface area contributed by atoms with Crippen LogP contribution in [0.25, 0.3) is 0 Å². The van der Waals surface area contributed by atoms with E-state index in [4.69, 9.17) is 11.1 Å². The topological polar surface area (TPSA) is 95.0 Å². The van der Waals surface area contributed by atoms with Crippen LogP contribution in [0.15, 0.2) is 18.2 Å². The van der Waals surface area contributed by atoms with E-state index in [1.807, 2.05) is 13.0 Å². The highest BCUT2D eigenvalue weighted by Crippen LogP contribution is 2.09. The molecule has 3 N–H and O–H groups in total. The molecule has 0 saturated carbocycles. The maximum absolute atomic E-state index is 12.0. The Morgan fingerprint density at radius 2 is 2.41 bits per heavy atom. The lowest BCUT2D eigenvalue weighted by atomic mass is 10.2. The maximum Gasteiger partial charge on any atom is 0.272 e. The average Bonchev–Trinajstić information content (AvgIpc) is 2.37. The van der Waals surface area contributed by atoms with Gasteiger partial charge in [0, 0.05) is 13.1 Å². The molecular weight excluding hydrogens is 218 g/mol. The van der Waals surface area contributed by atoms with E-state index in [-0.39, 0.29) is 18.4 Å². The highest BCUT2D eigenvalue weighted by Gasteiger charge is 2.18. The van der Waals surface area contributed by atoms with E-state index < -0.39 is 0 Å². The van der Waals surface area contributed by atoms with Crippen molar-refractivity contribution >= 4 is 11.7 Å². The minimum Gasteiger partial charge on any atom is -0.337 e. The van der Waals surface area contributed by atoms with Crippen molar-refractivity contribution in [3.8, 4) is 6.07 Å². The van der Waals surface area contributed by atoms with E-state index in [0.29, 0.717) is 11.5 Å². The summed E-state index contributed by atoms with van der Waals surface area (Å²) in [4.78, 5) is 17.6. The number of anilines is 1. The molecule has 1 aromatic rings. The highest BCUT2D eigenvalue weighted by atomic mass is 16.2. The molecule has 1 heterocycles. The van der Waals surface area contributed by atoms with Crippen molar-refractivity contribution in [2.75, 3.05) is 12.5 Å². The van der Waals surface area contributed by atoms with Crippen LogP contribution in [0.4, 0.5) is 5.82 Å². The highest BCUT2D eigenvalue weighted by molar-refractivity contribution is 5.92. The Morgan fingerprint density at radius 1 is 1.71 bits per heavy atom. The van der Waals surface area contributed by atoms with Gasteiger partial charge in [0.1, 0.15) is 11.5 Å². The van der Waals surface area contributed by atoms with Crippen molar-refractivity contribution in [3.63, 3.8) is 0 Å². The molecule has 1 aromatic heterocycles. The first-order valence-corrected chi connectivity index (χ1v) is 5.18. The number of nitrogen functional groups attached to an aromatic ring is 1. The molecule has 0 aromatic carbocycles. The Balaban J connectivity index is 2.85. The number of amides is 1. The van der Waals surface area contributed by atoms with Gasteiger partial charge in [0.05, 0.1) is 12.5 Å². The van der Waals surface area contributed by atoms with Gasteiger partial charge in [0.15, 0.2) is 0 Å². The minimum atomic E-state index is -0.232. The Kier molecular flexibility index (Phi) is 4.43. The molecule has 0 aliphatic rings. The molecule has 1 unspecified atom stereocenters. The Hall–Kier alpha value is -2.13. The molecule has 6 heteroatoms. The van der Waals surface area contributed by atoms with Gasteiger partial charge in [-0.15, -0.1) is 0 Å². The molecule has 1 amide bonds. The quantitative estimate of drug-likeness (QED) is 0.590. The zero-order chi connectivity index (χ0) is 12.8. The lowest BCUT2D eigenvalue weighted by Gasteiger charge is -2.22. The number of carbonyl (C=O) groups is 1. The van der Waals surface area contributed by atoms with Gasteiger partial charge in [-0.05, 0) is 19.1 Å². The first kappa shape index (κ1) is 12.9. The molecule has 1 atom stereocenters. The normalized spacial score (nSPS) is 11.4. The zero-order valence-corrected chi connectivity index (χ0v) is 9.84. The van der Waals surface area contributed by atoms with E-state index in [9.17, 15) is 4.79 Å².